The molecule has 0 aliphatic heterocycles. The van der Waals surface area contributed by atoms with Crippen molar-refractivity contribution in [2.24, 2.45) is 0 Å². The van der Waals surface area contributed by atoms with Gasteiger partial charge < -0.3 is 20.4 Å². The van der Waals surface area contributed by atoms with Crippen LogP contribution >= 0.6 is 11.6 Å². The van der Waals surface area contributed by atoms with Gasteiger partial charge in [-0.1, -0.05) is 11.6 Å². The van der Waals surface area contributed by atoms with Crippen LogP contribution in [0, 0.1) is 12.7 Å². The molecule has 0 saturated heterocycles. The van der Waals surface area contributed by atoms with Crippen LogP contribution in [0.15, 0.2) is 30.5 Å². The number of benzene rings is 1. The van der Waals surface area contributed by atoms with Gasteiger partial charge in [-0.2, -0.15) is 0 Å². The number of pyridine rings is 1. The zero-order valence-corrected chi connectivity index (χ0v) is 13.7. The molecule has 0 amide bonds. The highest BCUT2D eigenvalue weighted by molar-refractivity contribution is 6.29. The van der Waals surface area contributed by atoms with Gasteiger partial charge in [-0.05, 0) is 31.2 Å². The molecule has 0 saturated carbocycles. The fourth-order valence-corrected chi connectivity index (χ4v) is 2.59. The van der Waals surface area contributed by atoms with Gasteiger partial charge in [0.1, 0.15) is 16.5 Å². The van der Waals surface area contributed by atoms with Gasteiger partial charge in [-0.25, -0.2) is 14.4 Å². The number of hydrogen-bond acceptors (Lipinski definition) is 4. The summed E-state index contributed by atoms with van der Waals surface area (Å²) in [5.41, 5.74) is 4.22. The molecule has 0 aliphatic rings. The zero-order chi connectivity index (χ0) is 18.0. The molecule has 128 valence electrons. The minimum atomic E-state index is -0.272. The number of hydrogen-bond donors (Lipinski definition) is 4. The first-order chi connectivity index (χ1) is 12.0. The first kappa shape index (κ1) is 16.7. The highest BCUT2D eigenvalue weighted by atomic mass is 35.5. The number of nitrogens with one attached hydrogen (secondary N) is 3. The van der Waals surface area contributed by atoms with Gasteiger partial charge in [0, 0.05) is 11.8 Å². The predicted molar refractivity (Wildman–Crippen MR) is 93.9 cm³/mol. The summed E-state index contributed by atoms with van der Waals surface area (Å²) in [4.78, 5) is 23.3. The monoisotopic (exact) mass is 361 g/mol. The van der Waals surface area contributed by atoms with Crippen LogP contribution in [0.5, 0.6) is 0 Å². The predicted octanol–water partition coefficient (Wildman–Crippen LogP) is 3.98. The quantitative estimate of drug-likeness (QED) is 0.319. The maximum absolute atomic E-state index is 13.6. The van der Waals surface area contributed by atoms with Crippen molar-refractivity contribution in [1.29, 1.82) is 0 Å². The van der Waals surface area contributed by atoms with E-state index in [0.29, 0.717) is 22.2 Å². The second kappa shape index (κ2) is 6.78. The molecule has 0 aliphatic carbocycles. The second-order valence-corrected chi connectivity index (χ2v) is 5.50. The number of carbonyl (C=O) groups is 1. The molecule has 7 nitrogen and oxygen atoms in total. The Morgan fingerprint density at radius 2 is 1.92 bits per heavy atom. The summed E-state index contributed by atoms with van der Waals surface area (Å²) in [6.07, 6.45) is 1.79. The van der Waals surface area contributed by atoms with Crippen molar-refractivity contribution in [3.8, 4) is 0 Å². The Labute approximate surface area is 145 Å². The molecule has 0 spiro atoms. The molecular weight excluding hydrogens is 349 g/mol. The van der Waals surface area contributed by atoms with E-state index in [2.05, 4.69) is 25.3 Å². The molecule has 9 heteroatoms. The van der Waals surface area contributed by atoms with Crippen LogP contribution in [0.25, 0.3) is 22.1 Å². The molecule has 3 heterocycles. The Bertz CT molecular complexity index is 1060. The number of rotatable bonds is 2. The van der Waals surface area contributed by atoms with Crippen LogP contribution in [0.4, 0.5) is 16.0 Å². The Morgan fingerprint density at radius 3 is 2.68 bits per heavy atom. The summed E-state index contributed by atoms with van der Waals surface area (Å²) in [6.45, 7) is 1.45. The first-order valence-corrected chi connectivity index (χ1v) is 7.54. The first-order valence-electron chi connectivity index (χ1n) is 7.17. The van der Waals surface area contributed by atoms with E-state index >= 15 is 0 Å². The number of H-pyrrole nitrogens is 2. The number of aryl methyl sites for hydroxylation is 1. The maximum atomic E-state index is 13.6. The number of nitrogens with zero attached hydrogens (tertiary/aromatic N) is 2. The van der Waals surface area contributed by atoms with Crippen molar-refractivity contribution in [2.75, 3.05) is 5.32 Å². The van der Waals surface area contributed by atoms with Crippen molar-refractivity contribution in [3.63, 3.8) is 0 Å². The Hall–Kier alpha value is -3.13. The summed E-state index contributed by atoms with van der Waals surface area (Å²) in [7, 11) is 0. The van der Waals surface area contributed by atoms with Crippen molar-refractivity contribution >= 4 is 51.8 Å². The molecule has 0 fully saturated rings. The third-order valence-electron chi connectivity index (χ3n) is 3.58. The Morgan fingerprint density at radius 1 is 1.20 bits per heavy atom. The van der Waals surface area contributed by atoms with Gasteiger partial charge in [-0.3, -0.25) is 4.79 Å². The molecule has 0 unspecified atom stereocenters. The molecule has 0 radical (unpaired) electrons. The Kier molecular flexibility index (Phi) is 4.53. The number of halogens is 2. The topological polar surface area (TPSA) is 107 Å². The molecule has 3 aromatic heterocycles. The van der Waals surface area contributed by atoms with Crippen LogP contribution in [-0.4, -0.2) is 31.5 Å². The highest BCUT2D eigenvalue weighted by Crippen LogP contribution is 2.27. The third kappa shape index (κ3) is 3.24. The number of imidazole rings is 1. The minimum Gasteiger partial charge on any atom is -0.483 e. The fourth-order valence-electron chi connectivity index (χ4n) is 2.45. The SMILES string of the molecule is Cc1c(F)ccc2[nH]c(Nc3c[nH]c4ccc(Cl)nc34)nc12.O=CO. The summed E-state index contributed by atoms with van der Waals surface area (Å²) >= 11 is 5.94. The normalized spacial score (nSPS) is 10.5. The van der Waals surface area contributed by atoms with Crippen LogP contribution in [0.3, 0.4) is 0 Å². The maximum Gasteiger partial charge on any atom is 0.290 e. The molecule has 0 bridgehead atoms. The van der Waals surface area contributed by atoms with E-state index in [1.54, 1.807) is 25.3 Å². The smallest absolute Gasteiger partial charge is 0.290 e. The van der Waals surface area contributed by atoms with Crippen LogP contribution in [0.1, 0.15) is 5.56 Å². The van der Waals surface area contributed by atoms with E-state index < -0.39 is 0 Å². The fraction of sp³-hybridized carbons (Fsp3) is 0.0625. The molecule has 4 aromatic rings. The molecule has 4 N–H and O–H groups in total. The van der Waals surface area contributed by atoms with E-state index in [0.717, 1.165) is 22.2 Å². The van der Waals surface area contributed by atoms with Crippen LogP contribution in [0.2, 0.25) is 5.15 Å². The molecule has 1 aromatic carbocycles. The van der Waals surface area contributed by atoms with Gasteiger partial charge >= 0.3 is 0 Å². The van der Waals surface area contributed by atoms with Gasteiger partial charge in [0.25, 0.3) is 6.47 Å². The van der Waals surface area contributed by atoms with Crippen molar-refractivity contribution < 1.29 is 14.3 Å². The lowest BCUT2D eigenvalue weighted by molar-refractivity contribution is -0.122. The lowest BCUT2D eigenvalue weighted by Crippen LogP contribution is -1.92. The molecule has 0 atom stereocenters. The van der Waals surface area contributed by atoms with Crippen molar-refractivity contribution in [3.05, 3.63) is 47.0 Å². The standard InChI is InChI=1S/C15H11ClFN5.CH2O2/c1-7-8(17)2-3-10-13(7)22-15(19-10)20-11-6-18-9-4-5-12(16)21-14(9)11;2-1-3/h2-6,18H,1H3,(H2,19,20,22);1H,(H,2,3). The lowest BCUT2D eigenvalue weighted by atomic mass is 10.2. The van der Waals surface area contributed by atoms with Crippen LogP contribution in [-0.2, 0) is 4.79 Å². The number of anilines is 2. The zero-order valence-electron chi connectivity index (χ0n) is 13.0. The summed E-state index contributed by atoms with van der Waals surface area (Å²) in [5.74, 6) is 0.248. The van der Waals surface area contributed by atoms with Crippen LogP contribution < -0.4 is 5.32 Å². The number of fused-ring (bicyclic) bond motifs is 2. The van der Waals surface area contributed by atoms with Gasteiger partial charge in [0.05, 0.1) is 22.2 Å². The summed E-state index contributed by atoms with van der Waals surface area (Å²) in [5, 5.41) is 10.5. The number of aromatic nitrogens is 4. The minimum absolute atomic E-state index is 0.250. The Balaban J connectivity index is 0.000000569. The summed E-state index contributed by atoms with van der Waals surface area (Å²) in [6, 6.07) is 6.67. The largest absolute Gasteiger partial charge is 0.483 e. The van der Waals surface area contributed by atoms with Gasteiger partial charge in [0.15, 0.2) is 0 Å². The average Bonchev–Trinajstić information content (AvgIpc) is 3.17. The van der Waals surface area contributed by atoms with E-state index in [-0.39, 0.29) is 12.3 Å². The van der Waals surface area contributed by atoms with Crippen molar-refractivity contribution in [1.82, 2.24) is 19.9 Å². The second-order valence-electron chi connectivity index (χ2n) is 5.12. The summed E-state index contributed by atoms with van der Waals surface area (Å²) < 4.78 is 13.6. The number of carboxylic acid groups (broad SMARTS) is 1. The molecule has 4 rings (SSSR count). The van der Waals surface area contributed by atoms with E-state index in [1.807, 2.05) is 6.07 Å². The van der Waals surface area contributed by atoms with Gasteiger partial charge in [0.2, 0.25) is 5.95 Å². The lowest BCUT2D eigenvalue weighted by Gasteiger charge is -1.99. The van der Waals surface area contributed by atoms with E-state index in [4.69, 9.17) is 21.5 Å². The third-order valence-corrected chi connectivity index (χ3v) is 3.79. The number of aromatic amines is 2. The van der Waals surface area contributed by atoms with Crippen molar-refractivity contribution in [2.45, 2.75) is 6.92 Å². The van der Waals surface area contributed by atoms with E-state index in [9.17, 15) is 4.39 Å². The van der Waals surface area contributed by atoms with Gasteiger partial charge in [-0.15, -0.1) is 0 Å². The molecular formula is C16H13ClFN5O2. The highest BCUT2D eigenvalue weighted by Gasteiger charge is 2.11. The average molecular weight is 362 g/mol. The molecule has 25 heavy (non-hydrogen) atoms. The van der Waals surface area contributed by atoms with E-state index in [1.165, 1.54) is 6.07 Å².